The van der Waals surface area contributed by atoms with Crippen molar-refractivity contribution in [3.63, 3.8) is 0 Å². The lowest BCUT2D eigenvalue weighted by Gasteiger charge is -2.12. The highest BCUT2D eigenvalue weighted by molar-refractivity contribution is 7.88. The van der Waals surface area contributed by atoms with E-state index < -0.39 is 10.0 Å². The van der Waals surface area contributed by atoms with E-state index in [9.17, 15) is 13.2 Å². The van der Waals surface area contributed by atoms with Crippen molar-refractivity contribution in [2.45, 2.75) is 31.3 Å². The Morgan fingerprint density at radius 2 is 1.83 bits per heavy atom. The number of hydrogen-bond donors (Lipinski definition) is 2. The topological polar surface area (TPSA) is 93.1 Å². The predicted octanol–water partition coefficient (Wildman–Crippen LogP) is 2.51. The highest BCUT2D eigenvalue weighted by Crippen LogP contribution is 2.20. The van der Waals surface area contributed by atoms with Gasteiger partial charge in [-0.05, 0) is 23.3 Å². The molecular formula is C21H21ClN4O3S. The van der Waals surface area contributed by atoms with Gasteiger partial charge >= 0.3 is 0 Å². The van der Waals surface area contributed by atoms with Crippen LogP contribution >= 0.6 is 11.6 Å². The summed E-state index contributed by atoms with van der Waals surface area (Å²) in [5, 5.41) is 7.70. The van der Waals surface area contributed by atoms with Crippen molar-refractivity contribution in [1.82, 2.24) is 19.8 Å². The molecule has 156 valence electrons. The summed E-state index contributed by atoms with van der Waals surface area (Å²) < 4.78 is 29.5. The molecule has 0 saturated carbocycles. The van der Waals surface area contributed by atoms with Gasteiger partial charge < -0.3 is 5.32 Å². The zero-order valence-electron chi connectivity index (χ0n) is 16.1. The maximum Gasteiger partial charge on any atom is 0.255 e. The van der Waals surface area contributed by atoms with Crippen LogP contribution in [0.15, 0.2) is 60.8 Å². The number of sulfonamides is 1. The Balaban J connectivity index is 1.37. The van der Waals surface area contributed by atoms with Crippen LogP contribution in [0.3, 0.4) is 0 Å². The number of benzene rings is 2. The molecular weight excluding hydrogens is 424 g/mol. The summed E-state index contributed by atoms with van der Waals surface area (Å²) in [6.45, 7) is 0.808. The van der Waals surface area contributed by atoms with Gasteiger partial charge in [0.25, 0.3) is 5.91 Å². The van der Waals surface area contributed by atoms with Gasteiger partial charge in [-0.15, -0.1) is 0 Å². The second kappa shape index (κ2) is 8.59. The van der Waals surface area contributed by atoms with Gasteiger partial charge in [-0.25, -0.2) is 13.1 Å². The van der Waals surface area contributed by atoms with Crippen molar-refractivity contribution in [2.24, 2.45) is 0 Å². The first kappa shape index (κ1) is 20.6. The number of carbonyl (C=O) groups is 1. The van der Waals surface area contributed by atoms with Crippen molar-refractivity contribution in [3.05, 3.63) is 88.2 Å². The smallest absolute Gasteiger partial charge is 0.255 e. The Morgan fingerprint density at radius 3 is 2.57 bits per heavy atom. The summed E-state index contributed by atoms with van der Waals surface area (Å²) in [7, 11) is -3.54. The van der Waals surface area contributed by atoms with Gasteiger partial charge in [0.2, 0.25) is 10.0 Å². The maximum absolute atomic E-state index is 12.6. The van der Waals surface area contributed by atoms with Crippen LogP contribution < -0.4 is 10.0 Å². The minimum atomic E-state index is -3.54. The van der Waals surface area contributed by atoms with Crippen LogP contribution in [0.4, 0.5) is 0 Å². The van der Waals surface area contributed by atoms with E-state index in [1.165, 1.54) is 6.20 Å². The highest BCUT2D eigenvalue weighted by Gasteiger charge is 2.30. The minimum absolute atomic E-state index is 0.132. The quantitative estimate of drug-likeness (QED) is 0.585. The lowest BCUT2D eigenvalue weighted by Crippen LogP contribution is -2.37. The molecule has 2 heterocycles. The number of fused-ring (bicyclic) bond motifs is 1. The lowest BCUT2D eigenvalue weighted by atomic mass is 10.1. The lowest BCUT2D eigenvalue weighted by molar-refractivity contribution is 0.0950. The average molecular weight is 445 g/mol. The van der Waals surface area contributed by atoms with E-state index in [0.29, 0.717) is 35.7 Å². The number of amides is 1. The molecule has 1 aliphatic rings. The fraction of sp³-hybridized carbons (Fsp3) is 0.238. The molecule has 1 aliphatic heterocycles. The molecule has 0 radical (unpaired) electrons. The molecule has 9 heteroatoms. The zero-order chi connectivity index (χ0) is 21.1. The third kappa shape index (κ3) is 4.89. The molecule has 1 amide bonds. The third-order valence-electron chi connectivity index (χ3n) is 4.94. The Kier molecular flexibility index (Phi) is 5.90. The molecule has 7 nitrogen and oxygen atoms in total. The molecule has 2 aromatic carbocycles. The van der Waals surface area contributed by atoms with Gasteiger partial charge in [-0.3, -0.25) is 9.48 Å². The molecule has 0 aliphatic carbocycles. The molecule has 3 aromatic rings. The highest BCUT2D eigenvalue weighted by atomic mass is 35.5. The average Bonchev–Trinajstić information content (AvgIpc) is 3.28. The van der Waals surface area contributed by atoms with E-state index in [-0.39, 0.29) is 17.7 Å². The summed E-state index contributed by atoms with van der Waals surface area (Å²) in [6, 6.07) is 16.0. The van der Waals surface area contributed by atoms with Gasteiger partial charge in [-0.2, -0.15) is 5.10 Å². The predicted molar refractivity (Wildman–Crippen MR) is 115 cm³/mol. The third-order valence-corrected chi connectivity index (χ3v) is 6.60. The van der Waals surface area contributed by atoms with E-state index in [2.05, 4.69) is 15.1 Å². The Morgan fingerprint density at radius 1 is 1.10 bits per heavy atom. The minimum Gasteiger partial charge on any atom is -0.348 e. The number of halogens is 1. The molecule has 1 aromatic heterocycles. The molecule has 0 fully saturated rings. The number of rotatable bonds is 7. The molecule has 0 bridgehead atoms. The number of aromatic nitrogens is 2. The SMILES string of the molecule is O=C(NCc1ccccc1)c1cnn2c1C[C@H](NS(=O)(=O)Cc1ccc(Cl)cc1)C2. The van der Waals surface area contributed by atoms with Gasteiger partial charge in [-0.1, -0.05) is 54.1 Å². The van der Waals surface area contributed by atoms with Crippen LogP contribution in [0, 0.1) is 0 Å². The Labute approximate surface area is 180 Å². The normalized spacial score (nSPS) is 15.7. The fourth-order valence-electron chi connectivity index (χ4n) is 3.53. The molecule has 30 heavy (non-hydrogen) atoms. The molecule has 2 N–H and O–H groups in total. The van der Waals surface area contributed by atoms with Gasteiger partial charge in [0.05, 0.1) is 29.8 Å². The monoisotopic (exact) mass is 444 g/mol. The van der Waals surface area contributed by atoms with Crippen LogP contribution in [0.5, 0.6) is 0 Å². The van der Waals surface area contributed by atoms with Crippen molar-refractivity contribution in [1.29, 1.82) is 0 Å². The Hall–Kier alpha value is -2.68. The van der Waals surface area contributed by atoms with Crippen molar-refractivity contribution >= 4 is 27.5 Å². The molecule has 1 atom stereocenters. The van der Waals surface area contributed by atoms with E-state index in [1.807, 2.05) is 30.3 Å². The summed E-state index contributed by atoms with van der Waals surface area (Å²) in [4.78, 5) is 12.6. The van der Waals surface area contributed by atoms with Gasteiger partial charge in [0, 0.05) is 24.0 Å². The first-order chi connectivity index (χ1) is 14.4. The standard InChI is InChI=1S/C21H21ClN4O3S/c22-17-8-6-16(7-9-17)14-30(28,29)25-18-10-20-19(12-24-26(20)13-18)21(27)23-11-15-4-2-1-3-5-15/h1-9,12,18,25H,10-11,13-14H2,(H,23,27)/t18-/m0/s1. The second-order valence-corrected chi connectivity index (χ2v) is 9.45. The summed E-state index contributed by atoms with van der Waals surface area (Å²) in [6.07, 6.45) is 1.95. The van der Waals surface area contributed by atoms with Crippen LogP contribution in [0.25, 0.3) is 0 Å². The van der Waals surface area contributed by atoms with E-state index in [4.69, 9.17) is 11.6 Å². The van der Waals surface area contributed by atoms with Crippen LogP contribution in [0.1, 0.15) is 27.2 Å². The van der Waals surface area contributed by atoms with E-state index in [0.717, 1.165) is 11.3 Å². The van der Waals surface area contributed by atoms with Crippen molar-refractivity contribution in [3.8, 4) is 0 Å². The number of nitrogens with zero attached hydrogens (tertiary/aromatic N) is 2. The van der Waals surface area contributed by atoms with Crippen LogP contribution in [0.2, 0.25) is 5.02 Å². The van der Waals surface area contributed by atoms with Crippen molar-refractivity contribution < 1.29 is 13.2 Å². The van der Waals surface area contributed by atoms with Gasteiger partial charge in [0.15, 0.2) is 0 Å². The first-order valence-corrected chi connectivity index (χ1v) is 11.5. The Bertz CT molecular complexity index is 1140. The molecule has 0 spiro atoms. The van der Waals surface area contributed by atoms with Crippen LogP contribution in [-0.2, 0) is 35.3 Å². The number of nitrogens with one attached hydrogen (secondary N) is 2. The molecule has 0 saturated heterocycles. The maximum atomic E-state index is 12.6. The summed E-state index contributed by atoms with van der Waals surface area (Å²) in [5.41, 5.74) is 2.87. The molecule has 0 unspecified atom stereocenters. The number of hydrogen-bond acceptors (Lipinski definition) is 4. The summed E-state index contributed by atoms with van der Waals surface area (Å²) in [5.74, 6) is -0.349. The first-order valence-electron chi connectivity index (χ1n) is 9.51. The van der Waals surface area contributed by atoms with E-state index >= 15 is 0 Å². The fourth-order valence-corrected chi connectivity index (χ4v) is 5.03. The molecule has 4 rings (SSSR count). The number of carbonyl (C=O) groups excluding carboxylic acids is 1. The van der Waals surface area contributed by atoms with Crippen molar-refractivity contribution in [2.75, 3.05) is 0 Å². The zero-order valence-corrected chi connectivity index (χ0v) is 17.7. The summed E-state index contributed by atoms with van der Waals surface area (Å²) >= 11 is 5.85. The largest absolute Gasteiger partial charge is 0.348 e. The van der Waals surface area contributed by atoms with Gasteiger partial charge in [0.1, 0.15) is 0 Å². The second-order valence-electron chi connectivity index (χ2n) is 7.26. The van der Waals surface area contributed by atoms with Crippen LogP contribution in [-0.4, -0.2) is 30.1 Å². The van der Waals surface area contributed by atoms with E-state index in [1.54, 1.807) is 28.9 Å².